The number of carbonyl (C=O) groups is 1. The molecule has 2 aliphatic rings. The molecule has 1 fully saturated rings. The molecule has 20 heavy (non-hydrogen) atoms. The number of fused-ring (bicyclic) bond motifs is 1. The molecule has 1 amide bonds. The van der Waals surface area contributed by atoms with E-state index in [-0.39, 0.29) is 12.0 Å². The van der Waals surface area contributed by atoms with Gasteiger partial charge >= 0.3 is 0 Å². The molecule has 1 N–H and O–H groups in total. The van der Waals surface area contributed by atoms with Crippen LogP contribution in [-0.4, -0.2) is 43.1 Å². The molecule has 108 valence electrons. The second-order valence-electron chi connectivity index (χ2n) is 5.66. The topological polar surface area (TPSA) is 41.6 Å². The average molecular weight is 274 g/mol. The highest BCUT2D eigenvalue weighted by Crippen LogP contribution is 2.30. The van der Waals surface area contributed by atoms with E-state index in [0.717, 1.165) is 37.2 Å². The van der Waals surface area contributed by atoms with Gasteiger partial charge in [-0.3, -0.25) is 4.79 Å². The number of nitrogens with zero attached hydrogens (tertiary/aromatic N) is 1. The van der Waals surface area contributed by atoms with Crippen LogP contribution < -0.4 is 10.1 Å². The monoisotopic (exact) mass is 274 g/mol. The second kappa shape index (κ2) is 5.83. The van der Waals surface area contributed by atoms with Gasteiger partial charge in [0.25, 0.3) is 5.91 Å². The molecule has 1 aromatic rings. The summed E-state index contributed by atoms with van der Waals surface area (Å²) in [7, 11) is 1.94. The Morgan fingerprint density at radius 2 is 2.25 bits per heavy atom. The number of hydrogen-bond donors (Lipinski definition) is 1. The summed E-state index contributed by atoms with van der Waals surface area (Å²) < 4.78 is 5.84. The first-order chi connectivity index (χ1) is 9.79. The van der Waals surface area contributed by atoms with E-state index < -0.39 is 0 Å². The van der Waals surface area contributed by atoms with Crippen LogP contribution in [0.15, 0.2) is 24.3 Å². The molecule has 4 nitrogen and oxygen atoms in total. The van der Waals surface area contributed by atoms with Gasteiger partial charge in [-0.25, -0.2) is 0 Å². The van der Waals surface area contributed by atoms with Crippen molar-refractivity contribution in [3.05, 3.63) is 29.8 Å². The van der Waals surface area contributed by atoms with Crippen LogP contribution in [0.3, 0.4) is 0 Å². The largest absolute Gasteiger partial charge is 0.480 e. The van der Waals surface area contributed by atoms with Crippen molar-refractivity contribution in [1.82, 2.24) is 10.2 Å². The molecule has 0 saturated carbocycles. The Bertz CT molecular complexity index is 462. The minimum absolute atomic E-state index is 0.154. The van der Waals surface area contributed by atoms with Crippen LogP contribution in [-0.2, 0) is 11.2 Å². The first-order valence-electron chi connectivity index (χ1n) is 7.49. The Labute approximate surface area is 120 Å². The van der Waals surface area contributed by atoms with E-state index in [9.17, 15) is 4.79 Å². The number of amides is 1. The lowest BCUT2D eigenvalue weighted by molar-refractivity contribution is -0.141. The number of carbonyl (C=O) groups excluding carboxylic acids is 1. The lowest BCUT2D eigenvalue weighted by atomic mass is 10.0. The molecule has 1 saturated heterocycles. The van der Waals surface area contributed by atoms with Crippen LogP contribution in [0.1, 0.15) is 24.8 Å². The highest BCUT2D eigenvalue weighted by atomic mass is 16.5. The van der Waals surface area contributed by atoms with Crippen molar-refractivity contribution in [2.75, 3.05) is 20.1 Å². The molecular weight excluding hydrogens is 252 g/mol. The quantitative estimate of drug-likeness (QED) is 0.910. The predicted molar refractivity (Wildman–Crippen MR) is 77.8 cm³/mol. The number of likely N-dealkylation sites (N-methyl/N-ethyl adjacent to an activating group) is 1. The minimum atomic E-state index is -0.329. The van der Waals surface area contributed by atoms with Gasteiger partial charge in [0.15, 0.2) is 6.10 Å². The summed E-state index contributed by atoms with van der Waals surface area (Å²) in [5, 5.41) is 3.20. The maximum atomic E-state index is 12.7. The lowest BCUT2D eigenvalue weighted by Crippen LogP contribution is -2.52. The zero-order valence-electron chi connectivity index (χ0n) is 12.0. The van der Waals surface area contributed by atoms with E-state index in [1.165, 1.54) is 6.42 Å². The Balaban J connectivity index is 1.70. The Hall–Kier alpha value is -1.55. The van der Waals surface area contributed by atoms with Gasteiger partial charge < -0.3 is 15.0 Å². The number of piperidine rings is 1. The average Bonchev–Trinajstić information content (AvgIpc) is 2.91. The third kappa shape index (κ3) is 2.52. The van der Waals surface area contributed by atoms with Gasteiger partial charge in [0.05, 0.1) is 0 Å². The molecule has 2 unspecified atom stereocenters. The van der Waals surface area contributed by atoms with Crippen molar-refractivity contribution in [2.24, 2.45) is 0 Å². The summed E-state index contributed by atoms with van der Waals surface area (Å²) in [6, 6.07) is 8.26. The molecule has 2 aliphatic heterocycles. The van der Waals surface area contributed by atoms with Crippen LogP contribution in [0.4, 0.5) is 0 Å². The fraction of sp³-hybridized carbons (Fsp3) is 0.562. The van der Waals surface area contributed by atoms with E-state index in [4.69, 9.17) is 4.74 Å². The summed E-state index contributed by atoms with van der Waals surface area (Å²) in [5.41, 5.74) is 1.15. The number of rotatable bonds is 3. The van der Waals surface area contributed by atoms with Crippen molar-refractivity contribution < 1.29 is 9.53 Å². The Morgan fingerprint density at radius 3 is 3.05 bits per heavy atom. The van der Waals surface area contributed by atoms with E-state index in [2.05, 4.69) is 5.32 Å². The standard InChI is InChI=1S/C16H22N2O2/c1-17-11-13-7-4-5-9-18(13)16(19)15-10-12-6-2-3-8-14(12)20-15/h2-3,6,8,13,15,17H,4-5,7,9-11H2,1H3. The van der Waals surface area contributed by atoms with Gasteiger partial charge in [-0.1, -0.05) is 18.2 Å². The molecule has 0 aliphatic carbocycles. The fourth-order valence-corrected chi connectivity index (χ4v) is 3.24. The molecule has 0 bridgehead atoms. The van der Waals surface area contributed by atoms with Gasteiger partial charge in [0, 0.05) is 25.6 Å². The van der Waals surface area contributed by atoms with Gasteiger partial charge in [-0.15, -0.1) is 0 Å². The van der Waals surface area contributed by atoms with Gasteiger partial charge in [0.2, 0.25) is 0 Å². The molecular formula is C16H22N2O2. The van der Waals surface area contributed by atoms with Crippen molar-refractivity contribution in [3.63, 3.8) is 0 Å². The van der Waals surface area contributed by atoms with Gasteiger partial charge in [-0.2, -0.15) is 0 Å². The summed E-state index contributed by atoms with van der Waals surface area (Å²) >= 11 is 0. The number of likely N-dealkylation sites (tertiary alicyclic amines) is 1. The summed E-state index contributed by atoms with van der Waals surface area (Å²) in [5.74, 6) is 1.02. The minimum Gasteiger partial charge on any atom is -0.480 e. The molecule has 0 spiro atoms. The molecule has 2 atom stereocenters. The van der Waals surface area contributed by atoms with Crippen molar-refractivity contribution in [2.45, 2.75) is 37.8 Å². The highest BCUT2D eigenvalue weighted by Gasteiger charge is 2.35. The third-order valence-corrected chi connectivity index (χ3v) is 4.27. The SMILES string of the molecule is CNCC1CCCCN1C(=O)C1Cc2ccccc2O1. The number of para-hydroxylation sites is 1. The zero-order valence-corrected chi connectivity index (χ0v) is 12.0. The Morgan fingerprint density at radius 1 is 1.40 bits per heavy atom. The van der Waals surface area contributed by atoms with Crippen LogP contribution in [0, 0.1) is 0 Å². The molecule has 3 rings (SSSR count). The molecule has 0 radical (unpaired) electrons. The van der Waals surface area contributed by atoms with Crippen molar-refractivity contribution >= 4 is 5.91 Å². The van der Waals surface area contributed by atoms with Crippen molar-refractivity contribution in [3.8, 4) is 5.75 Å². The maximum absolute atomic E-state index is 12.7. The summed E-state index contributed by atoms with van der Waals surface area (Å²) in [6.07, 6.45) is 3.78. The predicted octanol–water partition coefficient (Wildman–Crippen LogP) is 1.59. The molecule has 2 heterocycles. The van der Waals surface area contributed by atoms with Gasteiger partial charge in [0.1, 0.15) is 5.75 Å². The van der Waals surface area contributed by atoms with Crippen molar-refractivity contribution in [1.29, 1.82) is 0 Å². The molecule has 4 heteroatoms. The van der Waals surface area contributed by atoms with Crippen LogP contribution in [0.5, 0.6) is 5.75 Å². The first kappa shape index (κ1) is 13.4. The van der Waals surface area contributed by atoms with E-state index in [1.807, 2.05) is 36.2 Å². The smallest absolute Gasteiger partial charge is 0.264 e. The lowest BCUT2D eigenvalue weighted by Gasteiger charge is -2.37. The normalized spacial score (nSPS) is 25.1. The van der Waals surface area contributed by atoms with Gasteiger partial charge in [-0.05, 0) is 37.9 Å². The number of benzene rings is 1. The second-order valence-corrected chi connectivity index (χ2v) is 5.66. The molecule has 1 aromatic carbocycles. The summed E-state index contributed by atoms with van der Waals surface area (Å²) in [4.78, 5) is 14.8. The van der Waals surface area contributed by atoms with E-state index in [0.29, 0.717) is 12.5 Å². The fourth-order valence-electron chi connectivity index (χ4n) is 3.24. The zero-order chi connectivity index (χ0) is 13.9. The van der Waals surface area contributed by atoms with Crippen LogP contribution >= 0.6 is 0 Å². The highest BCUT2D eigenvalue weighted by molar-refractivity contribution is 5.83. The van der Waals surface area contributed by atoms with Crippen LogP contribution in [0.2, 0.25) is 0 Å². The van der Waals surface area contributed by atoms with E-state index in [1.54, 1.807) is 0 Å². The number of hydrogen-bond acceptors (Lipinski definition) is 3. The maximum Gasteiger partial charge on any atom is 0.264 e. The number of ether oxygens (including phenoxy) is 1. The first-order valence-corrected chi connectivity index (χ1v) is 7.49. The summed E-state index contributed by atoms with van der Waals surface area (Å²) in [6.45, 7) is 1.73. The van der Waals surface area contributed by atoms with Crippen LogP contribution in [0.25, 0.3) is 0 Å². The van der Waals surface area contributed by atoms with E-state index >= 15 is 0 Å². The molecule has 0 aromatic heterocycles. The Kier molecular flexibility index (Phi) is 3.92. The number of nitrogens with one attached hydrogen (secondary N) is 1. The third-order valence-electron chi connectivity index (χ3n) is 4.27.